The topological polar surface area (TPSA) is 0 Å². The van der Waals surface area contributed by atoms with Crippen molar-refractivity contribution in [3.05, 3.63) is 77.4 Å². The van der Waals surface area contributed by atoms with E-state index in [9.17, 15) is 0 Å². The maximum atomic E-state index is 2.57. The van der Waals surface area contributed by atoms with E-state index in [0.29, 0.717) is 0 Å². The first-order valence-corrected chi connectivity index (χ1v) is 8.25. The quantitative estimate of drug-likeness (QED) is 0.505. The molecule has 6 rings (SSSR count). The Bertz CT molecular complexity index is 985. The molecule has 0 N–H and O–H groups in total. The van der Waals surface area contributed by atoms with Crippen LogP contribution in [0.4, 0.5) is 0 Å². The predicted molar refractivity (Wildman–Crippen MR) is 91.9 cm³/mol. The summed E-state index contributed by atoms with van der Waals surface area (Å²) in [6, 6.07) is 20.5. The Morgan fingerprint density at radius 3 is 2.45 bits per heavy atom. The molecule has 0 nitrogen and oxygen atoms in total. The highest BCUT2D eigenvalue weighted by Crippen LogP contribution is 2.56. The number of rotatable bonds is 0. The first-order valence-electron chi connectivity index (χ1n) is 8.25. The van der Waals surface area contributed by atoms with Gasteiger partial charge in [-0.3, -0.25) is 0 Å². The largest absolute Gasteiger partial charge is 0.0766 e. The van der Waals surface area contributed by atoms with Gasteiger partial charge in [-0.1, -0.05) is 60.7 Å². The molecule has 0 aliphatic heterocycles. The van der Waals surface area contributed by atoms with Gasteiger partial charge < -0.3 is 0 Å². The van der Waals surface area contributed by atoms with Crippen molar-refractivity contribution >= 4 is 16.3 Å². The number of allylic oxidation sites excluding steroid dienone is 2. The van der Waals surface area contributed by atoms with Crippen molar-refractivity contribution in [3.63, 3.8) is 0 Å². The van der Waals surface area contributed by atoms with Crippen molar-refractivity contribution in [3.8, 4) is 11.1 Å². The number of hydrogen-bond donors (Lipinski definition) is 0. The summed E-state index contributed by atoms with van der Waals surface area (Å²) in [5.74, 6) is 1.55. The molecule has 3 aromatic carbocycles. The summed E-state index contributed by atoms with van der Waals surface area (Å²) >= 11 is 0. The van der Waals surface area contributed by atoms with Crippen LogP contribution in [0.15, 0.2) is 60.7 Å². The van der Waals surface area contributed by atoms with Gasteiger partial charge in [0.25, 0.3) is 0 Å². The second kappa shape index (κ2) is 3.70. The Hall–Kier alpha value is -2.34. The molecular formula is C22H16. The SMILES string of the molecule is C1=C2Cc3c(cccc3C3CC13)-c1cccc3cccc2c13. The fourth-order valence-electron chi connectivity index (χ4n) is 4.68. The lowest BCUT2D eigenvalue weighted by Crippen LogP contribution is -1.94. The second-order valence-electron chi connectivity index (χ2n) is 6.96. The molecular weight excluding hydrogens is 264 g/mol. The average Bonchev–Trinajstić information content (AvgIpc) is 3.33. The van der Waals surface area contributed by atoms with Gasteiger partial charge in [0.2, 0.25) is 0 Å². The lowest BCUT2D eigenvalue weighted by Gasteiger charge is -2.13. The zero-order valence-corrected chi connectivity index (χ0v) is 12.3. The number of hydrogen-bond acceptors (Lipinski definition) is 0. The van der Waals surface area contributed by atoms with Crippen LogP contribution in [-0.4, -0.2) is 0 Å². The van der Waals surface area contributed by atoms with E-state index in [0.717, 1.165) is 18.3 Å². The van der Waals surface area contributed by atoms with E-state index in [1.165, 1.54) is 33.9 Å². The van der Waals surface area contributed by atoms with Crippen LogP contribution in [0.2, 0.25) is 0 Å². The molecule has 1 saturated carbocycles. The molecule has 0 saturated heterocycles. The van der Waals surface area contributed by atoms with Crippen molar-refractivity contribution in [2.45, 2.75) is 18.8 Å². The van der Waals surface area contributed by atoms with Gasteiger partial charge in [-0.2, -0.15) is 0 Å². The van der Waals surface area contributed by atoms with Crippen molar-refractivity contribution in [2.24, 2.45) is 5.92 Å². The van der Waals surface area contributed by atoms with Gasteiger partial charge >= 0.3 is 0 Å². The molecule has 104 valence electrons. The summed E-state index contributed by atoms with van der Waals surface area (Å²) in [6.07, 6.45) is 5.02. The Labute approximate surface area is 130 Å². The van der Waals surface area contributed by atoms with Crippen molar-refractivity contribution in [2.75, 3.05) is 0 Å². The van der Waals surface area contributed by atoms with E-state index < -0.39 is 0 Å². The summed E-state index contributed by atoms with van der Waals surface area (Å²) in [5.41, 5.74) is 9.09. The third kappa shape index (κ3) is 1.29. The van der Waals surface area contributed by atoms with Gasteiger partial charge in [0.1, 0.15) is 0 Å². The average molecular weight is 280 g/mol. The van der Waals surface area contributed by atoms with Crippen LogP contribution in [0.1, 0.15) is 29.0 Å². The van der Waals surface area contributed by atoms with Crippen LogP contribution in [0.5, 0.6) is 0 Å². The van der Waals surface area contributed by atoms with E-state index >= 15 is 0 Å². The first kappa shape index (κ1) is 11.3. The number of fused-ring (bicyclic) bond motifs is 5. The fourth-order valence-corrected chi connectivity index (χ4v) is 4.68. The normalized spacial score (nSPS) is 23.4. The van der Waals surface area contributed by atoms with Gasteiger partial charge in [-0.15, -0.1) is 0 Å². The molecule has 0 heteroatoms. The summed E-state index contributed by atoms with van der Waals surface area (Å²) in [7, 11) is 0. The fraction of sp³-hybridized carbons (Fsp3) is 0.182. The third-order valence-corrected chi connectivity index (χ3v) is 5.77. The highest BCUT2D eigenvalue weighted by molar-refractivity contribution is 6.06. The first-order chi connectivity index (χ1) is 10.9. The molecule has 3 aromatic rings. The summed E-state index contributed by atoms with van der Waals surface area (Å²) in [4.78, 5) is 0. The summed E-state index contributed by atoms with van der Waals surface area (Å²) in [6.45, 7) is 0. The van der Waals surface area contributed by atoms with Crippen LogP contribution < -0.4 is 0 Å². The minimum atomic E-state index is 0.770. The molecule has 3 aliphatic rings. The van der Waals surface area contributed by atoms with Gasteiger partial charge in [0, 0.05) is 0 Å². The molecule has 0 heterocycles. The van der Waals surface area contributed by atoms with E-state index in [1.807, 2.05) is 0 Å². The minimum absolute atomic E-state index is 0.770. The highest BCUT2D eigenvalue weighted by atomic mass is 14.4. The lowest BCUT2D eigenvalue weighted by atomic mass is 9.91. The van der Waals surface area contributed by atoms with Gasteiger partial charge in [0.05, 0.1) is 0 Å². The third-order valence-electron chi connectivity index (χ3n) is 5.77. The van der Waals surface area contributed by atoms with Gasteiger partial charge in [-0.25, -0.2) is 0 Å². The van der Waals surface area contributed by atoms with Crippen molar-refractivity contribution < 1.29 is 0 Å². The van der Waals surface area contributed by atoms with Crippen LogP contribution in [-0.2, 0) is 6.42 Å². The highest BCUT2D eigenvalue weighted by Gasteiger charge is 2.41. The Kier molecular flexibility index (Phi) is 1.89. The summed E-state index contributed by atoms with van der Waals surface area (Å²) < 4.78 is 0. The number of benzene rings is 3. The smallest absolute Gasteiger partial charge is 0.00137 e. The Morgan fingerprint density at radius 1 is 0.773 bits per heavy atom. The standard InChI is InChI=1S/C22H16/c1-4-13-5-2-9-19-17-7-3-8-18-20-11-15(20)10-14(12-21(17)18)16(6-1)22(13)19/h1-10,15,20H,11-12H2. The summed E-state index contributed by atoms with van der Waals surface area (Å²) in [5, 5.41) is 2.82. The zero-order valence-electron chi connectivity index (χ0n) is 12.3. The maximum absolute atomic E-state index is 2.57. The van der Waals surface area contributed by atoms with Gasteiger partial charge in [-0.05, 0) is 68.8 Å². The van der Waals surface area contributed by atoms with Crippen LogP contribution in [0.25, 0.3) is 27.5 Å². The maximum Gasteiger partial charge on any atom is -0.00137 e. The Morgan fingerprint density at radius 2 is 1.55 bits per heavy atom. The van der Waals surface area contributed by atoms with Crippen molar-refractivity contribution in [1.29, 1.82) is 0 Å². The van der Waals surface area contributed by atoms with E-state index in [-0.39, 0.29) is 0 Å². The molecule has 0 amide bonds. The molecule has 2 bridgehead atoms. The molecule has 0 aromatic heterocycles. The second-order valence-corrected chi connectivity index (χ2v) is 6.96. The van der Waals surface area contributed by atoms with Crippen LogP contribution >= 0.6 is 0 Å². The van der Waals surface area contributed by atoms with Crippen LogP contribution in [0.3, 0.4) is 0 Å². The van der Waals surface area contributed by atoms with Crippen LogP contribution in [0, 0.1) is 5.92 Å². The van der Waals surface area contributed by atoms with E-state index in [1.54, 1.807) is 16.7 Å². The van der Waals surface area contributed by atoms with Crippen molar-refractivity contribution in [1.82, 2.24) is 0 Å². The van der Waals surface area contributed by atoms with E-state index in [4.69, 9.17) is 0 Å². The zero-order chi connectivity index (χ0) is 14.3. The van der Waals surface area contributed by atoms with Gasteiger partial charge in [0.15, 0.2) is 0 Å². The molecule has 3 aliphatic carbocycles. The molecule has 1 fully saturated rings. The molecule has 2 atom stereocenters. The lowest BCUT2D eigenvalue weighted by molar-refractivity contribution is 1.01. The molecule has 0 radical (unpaired) electrons. The minimum Gasteiger partial charge on any atom is -0.0766 e. The predicted octanol–water partition coefficient (Wildman–Crippen LogP) is 5.56. The van der Waals surface area contributed by atoms with E-state index in [2.05, 4.69) is 60.7 Å². The molecule has 22 heavy (non-hydrogen) atoms. The Balaban J connectivity index is 1.87. The molecule has 2 unspecified atom stereocenters. The molecule has 0 spiro atoms. The monoisotopic (exact) mass is 280 g/mol.